The van der Waals surface area contributed by atoms with Crippen LogP contribution in [0, 0.1) is 0 Å². The Hall–Kier alpha value is -2.57. The van der Waals surface area contributed by atoms with E-state index in [9.17, 15) is 0 Å². The van der Waals surface area contributed by atoms with Crippen molar-refractivity contribution in [2.45, 2.75) is 52.6 Å². The number of benzene rings is 3. The molecule has 4 rings (SSSR count). The second-order valence-corrected chi connectivity index (χ2v) is 11.1. The molecule has 1 saturated heterocycles. The fourth-order valence-electron chi connectivity index (χ4n) is 4.17. The van der Waals surface area contributed by atoms with Crippen LogP contribution in [0.2, 0.25) is 5.02 Å². The van der Waals surface area contributed by atoms with Crippen LogP contribution < -0.4 is 9.47 Å². The predicted octanol–water partition coefficient (Wildman–Crippen LogP) is 6.56. The highest BCUT2D eigenvalue weighted by Crippen LogP contribution is 2.27. The summed E-state index contributed by atoms with van der Waals surface area (Å²) in [4.78, 5) is 4.77. The van der Waals surface area contributed by atoms with E-state index in [2.05, 4.69) is 80.1 Å². The third kappa shape index (κ3) is 8.47. The molecule has 198 valence electrons. The molecule has 1 aliphatic rings. The van der Waals surface area contributed by atoms with Crippen LogP contribution in [-0.4, -0.2) is 48.7 Å². The van der Waals surface area contributed by atoms with Gasteiger partial charge < -0.3 is 14.2 Å². The Morgan fingerprint density at radius 2 is 1.54 bits per heavy atom. The fraction of sp³-hybridized carbons (Fsp3) is 0.419. The molecule has 0 unspecified atom stereocenters. The minimum absolute atomic E-state index is 0.0426. The molecular formula is C31H39ClN2O3. The Bertz CT molecular complexity index is 1140. The summed E-state index contributed by atoms with van der Waals surface area (Å²) in [6, 6.07) is 22.5. The molecule has 0 N–H and O–H groups in total. The minimum Gasteiger partial charge on any atom is -0.489 e. The molecule has 6 heteroatoms. The van der Waals surface area contributed by atoms with Crippen molar-refractivity contribution in [3.63, 3.8) is 0 Å². The summed E-state index contributed by atoms with van der Waals surface area (Å²) >= 11 is 6.00. The highest BCUT2D eigenvalue weighted by atomic mass is 35.5. The highest BCUT2D eigenvalue weighted by molar-refractivity contribution is 6.30. The molecule has 1 aliphatic heterocycles. The van der Waals surface area contributed by atoms with Crippen LogP contribution in [0.5, 0.6) is 11.5 Å². The van der Waals surface area contributed by atoms with Gasteiger partial charge in [-0.3, -0.25) is 9.80 Å². The number of ether oxygens (including phenoxy) is 3. The van der Waals surface area contributed by atoms with Gasteiger partial charge in [-0.15, -0.1) is 0 Å². The number of hydrogen-bond acceptors (Lipinski definition) is 5. The zero-order valence-corrected chi connectivity index (χ0v) is 23.3. The van der Waals surface area contributed by atoms with Gasteiger partial charge >= 0.3 is 0 Å². The lowest BCUT2D eigenvalue weighted by atomic mass is 10.0. The Morgan fingerprint density at radius 1 is 0.865 bits per heavy atom. The van der Waals surface area contributed by atoms with Gasteiger partial charge in [-0.05, 0) is 80.9 Å². The summed E-state index contributed by atoms with van der Waals surface area (Å²) in [5.74, 6) is 1.71. The monoisotopic (exact) mass is 522 g/mol. The van der Waals surface area contributed by atoms with Crippen molar-refractivity contribution < 1.29 is 14.2 Å². The SMILES string of the molecule is CN(Cc1cc(COc2ccc(Cl)cc2)ccc1OCc1cccc(CN2CCOCC2)c1)C(C)(C)C. The number of rotatable bonds is 10. The number of morpholine rings is 1. The predicted molar refractivity (Wildman–Crippen MR) is 150 cm³/mol. The lowest BCUT2D eigenvalue weighted by Crippen LogP contribution is -2.37. The van der Waals surface area contributed by atoms with Crippen molar-refractivity contribution in [2.75, 3.05) is 33.4 Å². The Morgan fingerprint density at radius 3 is 2.27 bits per heavy atom. The third-order valence-electron chi connectivity index (χ3n) is 6.79. The molecule has 0 aromatic heterocycles. The quantitative estimate of drug-likeness (QED) is 0.301. The van der Waals surface area contributed by atoms with Gasteiger partial charge in [0, 0.05) is 42.3 Å². The first-order valence-electron chi connectivity index (χ1n) is 13.0. The summed E-state index contributed by atoms with van der Waals surface area (Å²) in [6.07, 6.45) is 0. The second kappa shape index (κ2) is 12.8. The van der Waals surface area contributed by atoms with E-state index in [1.807, 2.05) is 24.3 Å². The fourth-order valence-corrected chi connectivity index (χ4v) is 4.30. The molecule has 1 fully saturated rings. The van der Waals surface area contributed by atoms with E-state index >= 15 is 0 Å². The summed E-state index contributed by atoms with van der Waals surface area (Å²) < 4.78 is 17.9. The molecule has 0 atom stereocenters. The van der Waals surface area contributed by atoms with Crippen LogP contribution in [-0.2, 0) is 31.0 Å². The van der Waals surface area contributed by atoms with Crippen LogP contribution in [0.4, 0.5) is 0 Å². The van der Waals surface area contributed by atoms with Gasteiger partial charge in [-0.25, -0.2) is 0 Å². The van der Waals surface area contributed by atoms with E-state index in [0.29, 0.717) is 18.2 Å². The lowest BCUT2D eigenvalue weighted by Gasteiger charge is -2.32. The van der Waals surface area contributed by atoms with Crippen molar-refractivity contribution in [2.24, 2.45) is 0 Å². The van der Waals surface area contributed by atoms with Gasteiger partial charge in [0.1, 0.15) is 24.7 Å². The summed E-state index contributed by atoms with van der Waals surface area (Å²) in [6.45, 7) is 13.0. The van der Waals surface area contributed by atoms with E-state index in [1.165, 1.54) is 11.1 Å². The molecule has 37 heavy (non-hydrogen) atoms. The second-order valence-electron chi connectivity index (χ2n) is 10.7. The average molecular weight is 523 g/mol. The lowest BCUT2D eigenvalue weighted by molar-refractivity contribution is 0.0342. The largest absolute Gasteiger partial charge is 0.489 e. The highest BCUT2D eigenvalue weighted by Gasteiger charge is 2.19. The topological polar surface area (TPSA) is 34.2 Å². The zero-order chi connectivity index (χ0) is 26.3. The molecule has 0 radical (unpaired) electrons. The maximum atomic E-state index is 6.40. The first-order chi connectivity index (χ1) is 17.8. The molecule has 0 aliphatic carbocycles. The van der Waals surface area contributed by atoms with Gasteiger partial charge in [0.25, 0.3) is 0 Å². The standard InChI is InChI=1S/C31H39ClN2O3/c1-31(2,3)33(4)21-27-19-26(22-36-29-11-9-28(32)10-12-29)8-13-30(27)37-23-25-7-5-6-24(18-25)20-34-14-16-35-17-15-34/h5-13,18-19H,14-17,20-23H2,1-4H3. The Balaban J connectivity index is 1.45. The maximum Gasteiger partial charge on any atom is 0.124 e. The first-order valence-corrected chi connectivity index (χ1v) is 13.4. The summed E-state index contributed by atoms with van der Waals surface area (Å²) in [5.41, 5.74) is 4.79. The summed E-state index contributed by atoms with van der Waals surface area (Å²) in [7, 11) is 2.15. The molecule has 0 amide bonds. The molecule has 0 saturated carbocycles. The minimum atomic E-state index is 0.0426. The van der Waals surface area contributed by atoms with Crippen molar-refractivity contribution in [3.05, 3.63) is 94.0 Å². The van der Waals surface area contributed by atoms with Crippen LogP contribution >= 0.6 is 11.6 Å². The molecular weight excluding hydrogens is 484 g/mol. The number of nitrogens with zero attached hydrogens (tertiary/aromatic N) is 2. The molecule has 3 aromatic rings. The van der Waals surface area contributed by atoms with Gasteiger partial charge in [-0.2, -0.15) is 0 Å². The Labute approximate surface area is 226 Å². The smallest absolute Gasteiger partial charge is 0.124 e. The van der Waals surface area contributed by atoms with Crippen molar-refractivity contribution in [3.8, 4) is 11.5 Å². The van der Waals surface area contributed by atoms with E-state index in [4.69, 9.17) is 25.8 Å². The third-order valence-corrected chi connectivity index (χ3v) is 7.04. The average Bonchev–Trinajstić information content (AvgIpc) is 2.88. The zero-order valence-electron chi connectivity index (χ0n) is 22.5. The van der Waals surface area contributed by atoms with E-state index in [1.54, 1.807) is 0 Å². The van der Waals surface area contributed by atoms with Crippen LogP contribution in [0.25, 0.3) is 0 Å². The van der Waals surface area contributed by atoms with Crippen LogP contribution in [0.1, 0.15) is 43.0 Å². The molecule has 0 bridgehead atoms. The first kappa shape index (κ1) is 27.5. The van der Waals surface area contributed by atoms with Gasteiger partial charge in [0.2, 0.25) is 0 Å². The van der Waals surface area contributed by atoms with E-state index < -0.39 is 0 Å². The van der Waals surface area contributed by atoms with Gasteiger partial charge in [0.05, 0.1) is 13.2 Å². The molecule has 0 spiro atoms. The molecule has 3 aromatic carbocycles. The van der Waals surface area contributed by atoms with E-state index in [0.717, 1.165) is 62.0 Å². The van der Waals surface area contributed by atoms with Crippen molar-refractivity contribution in [1.29, 1.82) is 0 Å². The maximum absolute atomic E-state index is 6.40. The molecule has 5 nitrogen and oxygen atoms in total. The van der Waals surface area contributed by atoms with Gasteiger partial charge in [0.15, 0.2) is 0 Å². The molecule has 1 heterocycles. The van der Waals surface area contributed by atoms with Crippen LogP contribution in [0.3, 0.4) is 0 Å². The van der Waals surface area contributed by atoms with Crippen molar-refractivity contribution in [1.82, 2.24) is 9.80 Å². The number of hydrogen-bond donors (Lipinski definition) is 0. The normalized spacial score (nSPS) is 14.6. The number of halogens is 1. The van der Waals surface area contributed by atoms with E-state index in [-0.39, 0.29) is 5.54 Å². The Kier molecular flexibility index (Phi) is 9.49. The van der Waals surface area contributed by atoms with Crippen molar-refractivity contribution >= 4 is 11.6 Å². The van der Waals surface area contributed by atoms with Crippen LogP contribution in [0.15, 0.2) is 66.7 Å². The van der Waals surface area contributed by atoms with Gasteiger partial charge in [-0.1, -0.05) is 41.9 Å². The summed E-state index contributed by atoms with van der Waals surface area (Å²) in [5, 5.41) is 0.702.